The summed E-state index contributed by atoms with van der Waals surface area (Å²) in [5.41, 5.74) is 0. The van der Waals surface area contributed by atoms with Crippen molar-refractivity contribution in [2.45, 2.75) is 26.7 Å². The normalized spacial score (nSPS) is 10.7. The first-order valence-corrected chi connectivity index (χ1v) is 4.05. The second-order valence-electron chi connectivity index (χ2n) is 1.96. The Balaban J connectivity index is 0. The molecule has 75 valence electrons. The zero-order valence-corrected chi connectivity index (χ0v) is 10.7. The minimum Gasteiger partial charge on any atom is -0.321 e. The number of hydrogen-bond donors (Lipinski definition) is 0. The van der Waals surface area contributed by atoms with E-state index in [1.807, 2.05) is 0 Å². The standard InChI is InChI=1S/C8H15O4.Zr/c1-4-10-8(7-9,11-5-2)12-6-3;/h4-6H2,1-3H3;. The van der Waals surface area contributed by atoms with Crippen LogP contribution in [0, 0.1) is 0 Å². The minimum atomic E-state index is -1.61. The molecule has 0 aliphatic carbocycles. The fourth-order valence-corrected chi connectivity index (χ4v) is 0.783. The summed E-state index contributed by atoms with van der Waals surface area (Å²) in [6.07, 6.45) is 1.60. The van der Waals surface area contributed by atoms with Gasteiger partial charge in [-0.05, 0) is 20.8 Å². The van der Waals surface area contributed by atoms with Gasteiger partial charge >= 0.3 is 5.97 Å². The fourth-order valence-electron chi connectivity index (χ4n) is 0.783. The second-order valence-corrected chi connectivity index (χ2v) is 1.96. The van der Waals surface area contributed by atoms with Gasteiger partial charge in [0.1, 0.15) is 0 Å². The summed E-state index contributed by atoms with van der Waals surface area (Å²) in [4.78, 5) is 10.5. The van der Waals surface area contributed by atoms with Gasteiger partial charge in [-0.2, -0.15) is 0 Å². The molecule has 5 heteroatoms. The van der Waals surface area contributed by atoms with Crippen LogP contribution in [0.25, 0.3) is 0 Å². The maximum absolute atomic E-state index is 10.5. The summed E-state index contributed by atoms with van der Waals surface area (Å²) in [5, 5.41) is 0. The van der Waals surface area contributed by atoms with Crippen LogP contribution in [0.4, 0.5) is 0 Å². The molecule has 0 aromatic carbocycles. The van der Waals surface area contributed by atoms with E-state index in [9.17, 15) is 4.79 Å². The van der Waals surface area contributed by atoms with Gasteiger partial charge in [0, 0.05) is 26.2 Å². The number of rotatable bonds is 7. The molecule has 0 N–H and O–H groups in total. The summed E-state index contributed by atoms with van der Waals surface area (Å²) in [7, 11) is 0. The van der Waals surface area contributed by atoms with Crippen LogP contribution in [0.5, 0.6) is 0 Å². The van der Waals surface area contributed by atoms with Crippen molar-refractivity contribution >= 4 is 6.29 Å². The Hall–Kier alpha value is 0.433. The van der Waals surface area contributed by atoms with Crippen molar-refractivity contribution in [3.8, 4) is 0 Å². The molecule has 0 amide bonds. The van der Waals surface area contributed by atoms with Gasteiger partial charge in [-0.25, -0.2) is 0 Å². The molecule has 0 heterocycles. The zero-order chi connectivity index (χ0) is 9.45. The van der Waals surface area contributed by atoms with Gasteiger partial charge in [0.15, 0.2) is 0 Å². The summed E-state index contributed by atoms with van der Waals surface area (Å²) in [6.45, 7) is 6.29. The predicted octanol–water partition coefficient (Wildman–Crippen LogP) is 0.857. The molecule has 0 aromatic rings. The Morgan fingerprint density at radius 1 is 1.00 bits per heavy atom. The Morgan fingerprint density at radius 3 is 1.46 bits per heavy atom. The van der Waals surface area contributed by atoms with Crippen molar-refractivity contribution in [1.82, 2.24) is 0 Å². The first-order chi connectivity index (χ1) is 5.74. The van der Waals surface area contributed by atoms with Gasteiger partial charge < -0.3 is 14.2 Å². The van der Waals surface area contributed by atoms with Gasteiger partial charge in [-0.3, -0.25) is 4.79 Å². The monoisotopic (exact) mass is 265 g/mol. The SMILES string of the molecule is CCOC([C]=O)(OCC)OCC.[Zr]. The molecule has 0 atom stereocenters. The van der Waals surface area contributed by atoms with E-state index < -0.39 is 5.97 Å². The van der Waals surface area contributed by atoms with E-state index in [0.717, 1.165) is 0 Å². The second kappa shape index (κ2) is 9.01. The third-order valence-corrected chi connectivity index (χ3v) is 1.13. The van der Waals surface area contributed by atoms with Crippen LogP contribution in [0.15, 0.2) is 0 Å². The van der Waals surface area contributed by atoms with Crippen LogP contribution >= 0.6 is 0 Å². The van der Waals surface area contributed by atoms with Crippen LogP contribution in [0.3, 0.4) is 0 Å². The van der Waals surface area contributed by atoms with E-state index in [2.05, 4.69) is 0 Å². The molecule has 0 aliphatic heterocycles. The average molecular weight is 266 g/mol. The van der Waals surface area contributed by atoms with Crippen molar-refractivity contribution < 1.29 is 45.2 Å². The Labute approximate surface area is 98.0 Å². The average Bonchev–Trinajstić information content (AvgIpc) is 2.06. The smallest absolute Gasteiger partial charge is 0.321 e. The molecule has 0 saturated carbocycles. The fraction of sp³-hybridized carbons (Fsp3) is 0.875. The quantitative estimate of drug-likeness (QED) is 0.641. The van der Waals surface area contributed by atoms with Crippen LogP contribution in [-0.2, 0) is 45.2 Å². The van der Waals surface area contributed by atoms with E-state index >= 15 is 0 Å². The topological polar surface area (TPSA) is 44.8 Å². The third-order valence-electron chi connectivity index (χ3n) is 1.13. The number of hydrogen-bond acceptors (Lipinski definition) is 4. The van der Waals surface area contributed by atoms with E-state index in [0.29, 0.717) is 19.8 Å². The molecule has 0 spiro atoms. The van der Waals surface area contributed by atoms with E-state index in [4.69, 9.17) is 14.2 Å². The third kappa shape index (κ3) is 5.68. The van der Waals surface area contributed by atoms with Gasteiger partial charge in [0.2, 0.25) is 0 Å². The number of carbonyl (C=O) groups excluding carboxylic acids is 1. The van der Waals surface area contributed by atoms with E-state index in [1.54, 1.807) is 27.1 Å². The van der Waals surface area contributed by atoms with Gasteiger partial charge in [-0.1, -0.05) is 0 Å². The van der Waals surface area contributed by atoms with Crippen molar-refractivity contribution in [3.05, 3.63) is 0 Å². The minimum absolute atomic E-state index is 0. The van der Waals surface area contributed by atoms with Gasteiger partial charge in [0.05, 0.1) is 19.8 Å². The molecule has 0 unspecified atom stereocenters. The summed E-state index contributed by atoms with van der Waals surface area (Å²) in [6, 6.07) is 0. The van der Waals surface area contributed by atoms with E-state index in [1.165, 1.54) is 0 Å². The summed E-state index contributed by atoms with van der Waals surface area (Å²) in [5.74, 6) is -1.61. The molecule has 0 rings (SSSR count). The molecule has 0 saturated heterocycles. The Morgan fingerprint density at radius 2 is 1.31 bits per heavy atom. The molecule has 4 nitrogen and oxygen atoms in total. The maximum Gasteiger partial charge on any atom is 0.355 e. The predicted molar refractivity (Wildman–Crippen MR) is 43.3 cm³/mol. The van der Waals surface area contributed by atoms with Crippen LogP contribution in [0.1, 0.15) is 20.8 Å². The van der Waals surface area contributed by atoms with Crippen molar-refractivity contribution in [2.75, 3.05) is 19.8 Å². The maximum atomic E-state index is 10.5. The molecule has 0 fully saturated rings. The van der Waals surface area contributed by atoms with Crippen molar-refractivity contribution in [1.29, 1.82) is 0 Å². The van der Waals surface area contributed by atoms with Crippen LogP contribution in [-0.4, -0.2) is 32.1 Å². The molecular weight excluding hydrogens is 251 g/mol. The van der Waals surface area contributed by atoms with E-state index in [-0.39, 0.29) is 26.2 Å². The molecule has 0 aromatic heterocycles. The Bertz CT molecular complexity index is 112. The first-order valence-electron chi connectivity index (χ1n) is 4.05. The van der Waals surface area contributed by atoms with Crippen LogP contribution in [0.2, 0.25) is 0 Å². The largest absolute Gasteiger partial charge is 0.355 e. The zero-order valence-electron chi connectivity index (χ0n) is 8.25. The van der Waals surface area contributed by atoms with Crippen LogP contribution < -0.4 is 0 Å². The van der Waals surface area contributed by atoms with Gasteiger partial charge in [0.25, 0.3) is 6.29 Å². The molecule has 0 aliphatic rings. The first kappa shape index (κ1) is 15.9. The molecule has 0 bridgehead atoms. The molecule has 13 heavy (non-hydrogen) atoms. The van der Waals surface area contributed by atoms with Crippen molar-refractivity contribution in [2.24, 2.45) is 0 Å². The number of ether oxygens (including phenoxy) is 3. The summed E-state index contributed by atoms with van der Waals surface area (Å²) >= 11 is 0. The van der Waals surface area contributed by atoms with Gasteiger partial charge in [-0.15, -0.1) is 0 Å². The molecule has 1 radical (unpaired) electrons. The van der Waals surface area contributed by atoms with Crippen molar-refractivity contribution in [3.63, 3.8) is 0 Å². The summed E-state index contributed by atoms with van der Waals surface area (Å²) < 4.78 is 15.0. The Kier molecular flexibility index (Phi) is 11.0. The molecular formula is C8H15O4Zr.